The van der Waals surface area contributed by atoms with Gasteiger partial charge in [0, 0.05) is 5.56 Å². The summed E-state index contributed by atoms with van der Waals surface area (Å²) in [4.78, 5) is 10.1. The van der Waals surface area contributed by atoms with Gasteiger partial charge >= 0.3 is 5.69 Å². The van der Waals surface area contributed by atoms with Gasteiger partial charge in [-0.05, 0) is 24.4 Å². The van der Waals surface area contributed by atoms with Crippen molar-refractivity contribution in [2.24, 2.45) is 10.8 Å². The van der Waals surface area contributed by atoms with Crippen LogP contribution in [-0.2, 0) is 6.73 Å². The highest BCUT2D eigenvalue weighted by Gasteiger charge is 2.09. The molecular formula is C12H12N6O3S. The lowest BCUT2D eigenvalue weighted by Crippen LogP contribution is -2.24. The molecule has 1 aromatic heterocycles. The summed E-state index contributed by atoms with van der Waals surface area (Å²) >= 11 is 4.64. The first-order valence-corrected chi connectivity index (χ1v) is 6.44. The van der Waals surface area contributed by atoms with Crippen LogP contribution in [0.1, 0.15) is 5.56 Å². The largest absolute Gasteiger partial charge is 0.471 e. The van der Waals surface area contributed by atoms with Gasteiger partial charge in [-0.25, -0.2) is 4.68 Å². The average molecular weight is 320 g/mol. The van der Waals surface area contributed by atoms with Crippen LogP contribution in [0, 0.1) is 10.1 Å². The van der Waals surface area contributed by atoms with Crippen molar-refractivity contribution in [1.82, 2.24) is 15.2 Å². The summed E-state index contributed by atoms with van der Waals surface area (Å²) in [6.45, 7) is 0.0292. The van der Waals surface area contributed by atoms with Crippen LogP contribution in [0.4, 0.5) is 5.69 Å². The third kappa shape index (κ3) is 4.24. The average Bonchev–Trinajstić information content (AvgIpc) is 2.95. The molecule has 0 aliphatic rings. The number of nitrogens with one attached hydrogen (secondary N) is 1. The normalized spacial score (nSPS) is 10.5. The molecule has 0 bridgehead atoms. The number of benzene rings is 1. The molecule has 0 atom stereocenters. The smallest absolute Gasteiger partial charge is 0.307 e. The van der Waals surface area contributed by atoms with E-state index in [0.717, 1.165) is 6.20 Å². The summed E-state index contributed by atoms with van der Waals surface area (Å²) in [6, 6.07) is 7.12. The third-order valence-corrected chi connectivity index (χ3v) is 2.57. The van der Waals surface area contributed by atoms with Crippen LogP contribution in [0.15, 0.2) is 41.8 Å². The molecular weight excluding hydrogens is 308 g/mol. The van der Waals surface area contributed by atoms with Crippen molar-refractivity contribution in [1.29, 1.82) is 0 Å². The number of ether oxygens (including phenoxy) is 1. The van der Waals surface area contributed by atoms with Gasteiger partial charge in [-0.3, -0.25) is 15.5 Å². The van der Waals surface area contributed by atoms with Crippen molar-refractivity contribution in [3.8, 4) is 5.75 Å². The van der Waals surface area contributed by atoms with Crippen molar-refractivity contribution in [2.75, 3.05) is 0 Å². The summed E-state index contributed by atoms with van der Waals surface area (Å²) in [5.74, 6) is 0.536. The summed E-state index contributed by atoms with van der Waals surface area (Å²) < 4.78 is 6.89. The summed E-state index contributed by atoms with van der Waals surface area (Å²) in [5.41, 5.74) is 8.30. The Morgan fingerprint density at radius 2 is 2.36 bits per heavy atom. The van der Waals surface area contributed by atoms with Crippen LogP contribution in [0.2, 0.25) is 0 Å². The van der Waals surface area contributed by atoms with Crippen molar-refractivity contribution in [3.05, 3.63) is 52.3 Å². The van der Waals surface area contributed by atoms with Crippen molar-refractivity contribution >= 4 is 29.2 Å². The first kappa shape index (κ1) is 15.4. The van der Waals surface area contributed by atoms with Crippen molar-refractivity contribution < 1.29 is 9.66 Å². The molecule has 1 aromatic carbocycles. The third-order valence-electron chi connectivity index (χ3n) is 2.48. The molecule has 9 nitrogen and oxygen atoms in total. The number of para-hydroxylation sites is 1. The molecule has 0 radical (unpaired) electrons. The van der Waals surface area contributed by atoms with E-state index in [1.165, 1.54) is 17.1 Å². The number of aromatic nitrogens is 2. The Hall–Kier alpha value is -3.01. The molecule has 0 fully saturated rings. The van der Waals surface area contributed by atoms with Crippen LogP contribution in [-0.4, -0.2) is 26.0 Å². The van der Waals surface area contributed by atoms with E-state index in [1.54, 1.807) is 18.2 Å². The molecule has 0 unspecified atom stereocenters. The molecule has 0 amide bonds. The molecule has 114 valence electrons. The predicted octanol–water partition coefficient (Wildman–Crippen LogP) is 0.995. The van der Waals surface area contributed by atoms with Crippen LogP contribution in [0.5, 0.6) is 5.75 Å². The maximum absolute atomic E-state index is 10.6. The van der Waals surface area contributed by atoms with Crippen LogP contribution >= 0.6 is 12.2 Å². The summed E-state index contributed by atoms with van der Waals surface area (Å²) in [5, 5.41) is 18.3. The first-order valence-electron chi connectivity index (χ1n) is 6.03. The fourth-order valence-corrected chi connectivity index (χ4v) is 1.59. The quantitative estimate of drug-likeness (QED) is 0.352. The second-order valence-electron chi connectivity index (χ2n) is 4.04. The van der Waals surface area contributed by atoms with Gasteiger partial charge in [-0.15, -0.1) is 0 Å². The molecule has 2 aromatic rings. The molecule has 0 aliphatic heterocycles. The van der Waals surface area contributed by atoms with E-state index in [0.29, 0.717) is 11.3 Å². The van der Waals surface area contributed by atoms with Crippen molar-refractivity contribution in [2.45, 2.75) is 6.73 Å². The highest BCUT2D eigenvalue weighted by molar-refractivity contribution is 7.80. The Labute approximate surface area is 130 Å². The number of nitrogens with two attached hydrogens (primary N) is 1. The highest BCUT2D eigenvalue weighted by Crippen LogP contribution is 2.17. The maximum atomic E-state index is 10.6. The lowest BCUT2D eigenvalue weighted by molar-refractivity contribution is -0.385. The summed E-state index contributed by atoms with van der Waals surface area (Å²) in [7, 11) is 0. The molecule has 1 heterocycles. The minimum absolute atomic E-state index is 0.0292. The standard InChI is InChI=1S/C12H12N6O3S/c13-12(22)16-14-5-9-3-1-2-4-11(9)21-8-17-7-10(6-15-17)18(19)20/h1-7H,8H2,(H3,13,16,22). The Morgan fingerprint density at radius 3 is 3.05 bits per heavy atom. The molecule has 10 heteroatoms. The lowest BCUT2D eigenvalue weighted by Gasteiger charge is -2.08. The highest BCUT2D eigenvalue weighted by atomic mass is 32.1. The van der Waals surface area contributed by atoms with Crippen LogP contribution in [0.25, 0.3) is 0 Å². The van der Waals surface area contributed by atoms with E-state index in [-0.39, 0.29) is 17.5 Å². The Bertz CT molecular complexity index is 714. The predicted molar refractivity (Wildman–Crippen MR) is 83.5 cm³/mol. The number of thiocarbonyl (C=S) groups is 1. The molecule has 0 aliphatic carbocycles. The number of nitro groups is 1. The summed E-state index contributed by atoms with van der Waals surface area (Å²) in [6.07, 6.45) is 3.94. The molecule has 0 saturated heterocycles. The van der Waals surface area contributed by atoms with Gasteiger partial charge in [0.1, 0.15) is 18.1 Å². The minimum Gasteiger partial charge on any atom is -0.471 e. The van der Waals surface area contributed by atoms with E-state index in [4.69, 9.17) is 10.5 Å². The maximum Gasteiger partial charge on any atom is 0.307 e. The minimum atomic E-state index is -0.522. The SMILES string of the molecule is NC(=S)NN=Cc1ccccc1OCn1cc([N+](=O)[O-])cn1. The number of rotatable bonds is 6. The zero-order valence-electron chi connectivity index (χ0n) is 11.2. The van der Waals surface area contributed by atoms with Crippen LogP contribution in [0.3, 0.4) is 0 Å². The van der Waals surface area contributed by atoms with E-state index in [2.05, 4.69) is 27.8 Å². The Kier molecular flexibility index (Phi) is 4.98. The molecule has 2 rings (SSSR count). The zero-order valence-corrected chi connectivity index (χ0v) is 12.1. The fourth-order valence-electron chi connectivity index (χ4n) is 1.54. The number of hydrogen-bond donors (Lipinski definition) is 2. The van der Waals surface area contributed by atoms with E-state index >= 15 is 0 Å². The van der Waals surface area contributed by atoms with Crippen LogP contribution < -0.4 is 15.9 Å². The fraction of sp³-hybridized carbons (Fsp3) is 0.0833. The van der Waals surface area contributed by atoms with Gasteiger partial charge in [-0.2, -0.15) is 10.2 Å². The number of hydrazone groups is 1. The van der Waals surface area contributed by atoms with Crippen molar-refractivity contribution in [3.63, 3.8) is 0 Å². The van der Waals surface area contributed by atoms with Gasteiger partial charge in [0.25, 0.3) is 0 Å². The van der Waals surface area contributed by atoms with E-state index < -0.39 is 4.92 Å². The van der Waals surface area contributed by atoms with Gasteiger partial charge < -0.3 is 10.5 Å². The molecule has 22 heavy (non-hydrogen) atoms. The molecule has 3 N–H and O–H groups in total. The Balaban J connectivity index is 2.04. The van der Waals surface area contributed by atoms with E-state index in [1.807, 2.05) is 6.07 Å². The number of nitrogens with zero attached hydrogens (tertiary/aromatic N) is 4. The second-order valence-corrected chi connectivity index (χ2v) is 4.48. The van der Waals surface area contributed by atoms with Gasteiger partial charge in [0.15, 0.2) is 11.8 Å². The number of hydrogen-bond acceptors (Lipinski definition) is 6. The molecule has 0 spiro atoms. The lowest BCUT2D eigenvalue weighted by atomic mass is 10.2. The zero-order chi connectivity index (χ0) is 15.9. The first-order chi connectivity index (χ1) is 10.6. The van der Waals surface area contributed by atoms with Gasteiger partial charge in [0.05, 0.1) is 11.1 Å². The van der Waals surface area contributed by atoms with Gasteiger partial charge in [0.2, 0.25) is 0 Å². The van der Waals surface area contributed by atoms with E-state index in [9.17, 15) is 10.1 Å². The monoisotopic (exact) mass is 320 g/mol. The molecule has 0 saturated carbocycles. The van der Waals surface area contributed by atoms with Gasteiger partial charge in [-0.1, -0.05) is 12.1 Å². The second kappa shape index (κ2) is 7.13. The Morgan fingerprint density at radius 1 is 1.59 bits per heavy atom. The topological polar surface area (TPSA) is 121 Å².